The van der Waals surface area contributed by atoms with E-state index in [2.05, 4.69) is 4.74 Å². The molecule has 30 heavy (non-hydrogen) atoms. The van der Waals surface area contributed by atoms with Crippen LogP contribution in [-0.4, -0.2) is 59.5 Å². The summed E-state index contributed by atoms with van der Waals surface area (Å²) in [6, 6.07) is 6.93. The van der Waals surface area contributed by atoms with E-state index >= 15 is 0 Å². The molecule has 1 N–H and O–H groups in total. The van der Waals surface area contributed by atoms with Gasteiger partial charge in [0.15, 0.2) is 0 Å². The molecule has 1 fully saturated rings. The average molecular weight is 480 g/mol. The molecule has 0 spiro atoms. The normalized spacial score (nSPS) is 14.2. The van der Waals surface area contributed by atoms with Gasteiger partial charge >= 0.3 is 6.61 Å². The second kappa shape index (κ2) is 9.24. The minimum atomic E-state index is -3.06. The molecular weight excluding hydrogens is 465 g/mol. The van der Waals surface area contributed by atoms with Crippen LogP contribution in [0, 0.1) is 0 Å². The molecule has 0 aromatic heterocycles. The van der Waals surface area contributed by atoms with Crippen LogP contribution in [0.4, 0.5) is 8.78 Å². The first-order valence-corrected chi connectivity index (χ1v) is 9.83. The van der Waals surface area contributed by atoms with Crippen molar-refractivity contribution in [2.75, 3.05) is 26.2 Å². The van der Waals surface area contributed by atoms with E-state index in [4.69, 9.17) is 34.8 Å². The highest BCUT2D eigenvalue weighted by Gasteiger charge is 2.30. The van der Waals surface area contributed by atoms with Crippen LogP contribution in [0.25, 0.3) is 0 Å². The maximum atomic E-state index is 12.8. The van der Waals surface area contributed by atoms with Gasteiger partial charge in [-0.1, -0.05) is 46.9 Å². The number of aromatic hydroxyl groups is 1. The number of phenols is 1. The van der Waals surface area contributed by atoms with Gasteiger partial charge in [-0.25, -0.2) is 0 Å². The van der Waals surface area contributed by atoms with Crippen molar-refractivity contribution < 1.29 is 28.2 Å². The molecule has 6 nitrogen and oxygen atoms in total. The predicted octanol–water partition coefficient (Wildman–Crippen LogP) is 4.55. The Morgan fingerprint density at radius 1 is 0.967 bits per heavy atom. The number of carbonyl (C=O) groups excluding carboxylic acids is 2. The van der Waals surface area contributed by atoms with Crippen molar-refractivity contribution in [3.05, 3.63) is 56.5 Å². The zero-order valence-electron chi connectivity index (χ0n) is 15.2. The van der Waals surface area contributed by atoms with Gasteiger partial charge in [-0.2, -0.15) is 8.78 Å². The molecule has 11 heteroatoms. The van der Waals surface area contributed by atoms with Crippen LogP contribution in [-0.2, 0) is 0 Å². The lowest BCUT2D eigenvalue weighted by Gasteiger charge is -2.35. The van der Waals surface area contributed by atoms with Crippen LogP contribution >= 0.6 is 34.8 Å². The number of phenolic OH excluding ortho intramolecular Hbond substituents is 1. The maximum absolute atomic E-state index is 12.8. The van der Waals surface area contributed by atoms with E-state index in [0.29, 0.717) is 0 Å². The number of hydrogen-bond donors (Lipinski definition) is 1. The summed E-state index contributed by atoms with van der Waals surface area (Å²) in [6.07, 6.45) is 0. The van der Waals surface area contributed by atoms with Crippen molar-refractivity contribution in [1.82, 2.24) is 9.80 Å². The number of nitrogens with zero attached hydrogens (tertiary/aromatic N) is 2. The summed E-state index contributed by atoms with van der Waals surface area (Å²) < 4.78 is 29.6. The van der Waals surface area contributed by atoms with Crippen molar-refractivity contribution in [1.29, 1.82) is 0 Å². The molecule has 2 amide bonds. The lowest BCUT2D eigenvalue weighted by atomic mass is 10.1. The molecule has 1 saturated heterocycles. The highest BCUT2D eigenvalue weighted by molar-refractivity contribution is 6.45. The van der Waals surface area contributed by atoms with E-state index < -0.39 is 24.2 Å². The Balaban J connectivity index is 1.73. The third-order valence-electron chi connectivity index (χ3n) is 4.55. The molecule has 160 valence electrons. The van der Waals surface area contributed by atoms with E-state index in [1.165, 1.54) is 34.1 Å². The number of benzene rings is 2. The van der Waals surface area contributed by atoms with E-state index in [9.17, 15) is 23.5 Å². The number of ether oxygens (including phenoxy) is 1. The molecule has 0 aliphatic carbocycles. The highest BCUT2D eigenvalue weighted by Crippen LogP contribution is 2.39. The summed E-state index contributed by atoms with van der Waals surface area (Å²) in [6.45, 7) is -2.53. The summed E-state index contributed by atoms with van der Waals surface area (Å²) in [5, 5.41) is 9.92. The van der Waals surface area contributed by atoms with Gasteiger partial charge in [0.25, 0.3) is 11.8 Å². The zero-order chi connectivity index (χ0) is 22.0. The molecule has 0 saturated carbocycles. The van der Waals surface area contributed by atoms with Crippen molar-refractivity contribution in [3.8, 4) is 11.5 Å². The molecule has 3 rings (SSSR count). The summed E-state index contributed by atoms with van der Waals surface area (Å²) in [4.78, 5) is 28.4. The van der Waals surface area contributed by atoms with Crippen LogP contribution in [0.3, 0.4) is 0 Å². The van der Waals surface area contributed by atoms with Crippen molar-refractivity contribution in [2.24, 2.45) is 0 Å². The third kappa shape index (κ3) is 4.55. The molecule has 1 aliphatic rings. The van der Waals surface area contributed by atoms with E-state index in [0.717, 1.165) is 0 Å². The molecule has 2 aromatic rings. The number of rotatable bonds is 4. The summed E-state index contributed by atoms with van der Waals surface area (Å²) >= 11 is 17.9. The van der Waals surface area contributed by atoms with E-state index in [1.54, 1.807) is 6.07 Å². The van der Waals surface area contributed by atoms with Gasteiger partial charge < -0.3 is 19.6 Å². The molecule has 2 aromatic carbocycles. The first-order valence-electron chi connectivity index (χ1n) is 8.69. The van der Waals surface area contributed by atoms with Crippen LogP contribution in [0.1, 0.15) is 20.7 Å². The number of hydrogen-bond acceptors (Lipinski definition) is 4. The van der Waals surface area contributed by atoms with Gasteiger partial charge in [-0.15, -0.1) is 0 Å². The van der Waals surface area contributed by atoms with Crippen molar-refractivity contribution in [3.63, 3.8) is 0 Å². The summed E-state index contributed by atoms with van der Waals surface area (Å²) in [5.74, 6) is -1.78. The van der Waals surface area contributed by atoms with Crippen LogP contribution in [0.15, 0.2) is 30.3 Å². The molecule has 0 radical (unpaired) electrons. The SMILES string of the molecule is O=C(c1ccccc1OC(F)F)N1CCN(C(=O)c2c(O)c(Cl)cc(Cl)c2Cl)CC1. The second-order valence-electron chi connectivity index (χ2n) is 6.34. The van der Waals surface area contributed by atoms with Gasteiger partial charge in [-0.05, 0) is 18.2 Å². The van der Waals surface area contributed by atoms with Crippen LogP contribution in [0.5, 0.6) is 11.5 Å². The van der Waals surface area contributed by atoms with Gasteiger partial charge in [-0.3, -0.25) is 9.59 Å². The first kappa shape index (κ1) is 22.4. The number of alkyl halides is 2. The van der Waals surface area contributed by atoms with Crippen molar-refractivity contribution in [2.45, 2.75) is 6.61 Å². The Hall–Kier alpha value is -2.29. The monoisotopic (exact) mass is 478 g/mol. The minimum absolute atomic E-state index is 0.000103. The fraction of sp³-hybridized carbons (Fsp3) is 0.263. The predicted molar refractivity (Wildman–Crippen MR) is 108 cm³/mol. The quantitative estimate of drug-likeness (QED) is 0.653. The lowest BCUT2D eigenvalue weighted by Crippen LogP contribution is -2.50. The second-order valence-corrected chi connectivity index (χ2v) is 7.53. The Morgan fingerprint density at radius 3 is 2.13 bits per heavy atom. The molecular formula is C19H15Cl3F2N2O4. The van der Waals surface area contributed by atoms with Gasteiger partial charge in [0.1, 0.15) is 17.1 Å². The van der Waals surface area contributed by atoms with Crippen molar-refractivity contribution >= 4 is 46.6 Å². The summed E-state index contributed by atoms with van der Waals surface area (Å²) in [7, 11) is 0. The Morgan fingerprint density at radius 2 is 1.53 bits per heavy atom. The largest absolute Gasteiger partial charge is 0.505 e. The topological polar surface area (TPSA) is 70.1 Å². The smallest absolute Gasteiger partial charge is 0.387 e. The van der Waals surface area contributed by atoms with E-state index in [1.807, 2.05) is 0 Å². The van der Waals surface area contributed by atoms with Gasteiger partial charge in [0, 0.05) is 26.2 Å². The summed E-state index contributed by atoms with van der Waals surface area (Å²) in [5.41, 5.74) is -0.218. The Bertz CT molecular complexity index is 956. The number of carbonyl (C=O) groups is 2. The average Bonchev–Trinajstić information content (AvgIpc) is 2.72. The Labute approximate surface area is 185 Å². The minimum Gasteiger partial charge on any atom is -0.505 e. The van der Waals surface area contributed by atoms with E-state index in [-0.39, 0.29) is 58.1 Å². The van der Waals surface area contributed by atoms with Gasteiger partial charge in [0.05, 0.1) is 20.6 Å². The fourth-order valence-corrected chi connectivity index (χ4v) is 3.75. The molecule has 1 aliphatic heterocycles. The Kier molecular flexibility index (Phi) is 6.90. The van der Waals surface area contributed by atoms with Crippen LogP contribution in [0.2, 0.25) is 15.1 Å². The molecule has 1 heterocycles. The first-order chi connectivity index (χ1) is 14.2. The van der Waals surface area contributed by atoms with Crippen LogP contribution < -0.4 is 4.74 Å². The number of halogens is 5. The maximum Gasteiger partial charge on any atom is 0.387 e. The highest BCUT2D eigenvalue weighted by atomic mass is 35.5. The number of piperazine rings is 1. The standard InChI is InChI=1S/C19H15Cl3F2N2O4/c20-11-9-12(21)16(27)14(15(11)22)18(29)26-7-5-25(6-8-26)17(28)10-3-1-2-4-13(10)30-19(23)24/h1-4,9,19,27H,5-8H2. The molecule has 0 atom stereocenters. The molecule has 0 bridgehead atoms. The molecule has 0 unspecified atom stereocenters. The fourth-order valence-electron chi connectivity index (χ4n) is 3.06. The lowest BCUT2D eigenvalue weighted by molar-refractivity contribution is -0.0503. The van der Waals surface area contributed by atoms with Gasteiger partial charge in [0.2, 0.25) is 0 Å². The zero-order valence-corrected chi connectivity index (χ0v) is 17.5. The third-order valence-corrected chi connectivity index (χ3v) is 5.62. The number of amides is 2. The number of para-hydroxylation sites is 1.